The van der Waals surface area contributed by atoms with Crippen LogP contribution in [-0.2, 0) is 4.79 Å². The molecule has 0 saturated heterocycles. The molecule has 0 aliphatic carbocycles. The number of aryl methyl sites for hydroxylation is 1. The summed E-state index contributed by atoms with van der Waals surface area (Å²) in [5, 5.41) is 2.61. The van der Waals surface area contributed by atoms with Crippen molar-refractivity contribution in [2.45, 2.75) is 54.4 Å². The predicted octanol–water partition coefficient (Wildman–Crippen LogP) is 4.24. The number of hydrogen-bond acceptors (Lipinski definition) is 2. The molecule has 0 saturated carbocycles. The van der Waals surface area contributed by atoms with Gasteiger partial charge in [-0.2, -0.15) is 0 Å². The van der Waals surface area contributed by atoms with Crippen LogP contribution in [0.5, 0.6) is 0 Å². The van der Waals surface area contributed by atoms with Gasteiger partial charge in [-0.1, -0.05) is 58.4 Å². The lowest BCUT2D eigenvalue weighted by Gasteiger charge is -2.03. The van der Waals surface area contributed by atoms with Crippen molar-refractivity contribution in [3.63, 3.8) is 0 Å². The number of carbonyl (C=O) groups excluding carboxylic acids is 2. The number of nitrogens with one attached hydrogen (secondary N) is 1. The molecule has 0 fully saturated rings. The largest absolute Gasteiger partial charge is 0.370 e. The maximum absolute atomic E-state index is 11.5. The molecule has 1 aromatic rings. The first-order chi connectivity index (χ1) is 11.0. The lowest BCUT2D eigenvalue weighted by molar-refractivity contribution is -0.117. The highest BCUT2D eigenvalue weighted by atomic mass is 16.2. The van der Waals surface area contributed by atoms with Gasteiger partial charge in [0, 0.05) is 18.5 Å². The number of nitrogens with two attached hydrogens (primary N) is 1. The van der Waals surface area contributed by atoms with Crippen LogP contribution in [0, 0.1) is 6.92 Å². The van der Waals surface area contributed by atoms with Crippen molar-refractivity contribution in [1.82, 2.24) is 5.32 Å². The van der Waals surface area contributed by atoms with Gasteiger partial charge in [0.05, 0.1) is 0 Å². The van der Waals surface area contributed by atoms with Crippen LogP contribution < -0.4 is 11.1 Å². The second-order valence-electron chi connectivity index (χ2n) is 4.04. The molecule has 0 aliphatic rings. The molecule has 0 atom stereocenters. The third kappa shape index (κ3) is 17.8. The summed E-state index contributed by atoms with van der Waals surface area (Å²) in [4.78, 5) is 21.9. The van der Waals surface area contributed by atoms with Crippen LogP contribution in [0.4, 0.5) is 0 Å². The highest BCUT2D eigenvalue weighted by molar-refractivity contribution is 5.94. The number of primary amides is 1. The second kappa shape index (κ2) is 19.9. The zero-order chi connectivity index (χ0) is 18.7. The summed E-state index contributed by atoms with van der Waals surface area (Å²) in [6.07, 6.45) is 3.12. The molecule has 1 aromatic carbocycles. The minimum atomic E-state index is -0.417. The maximum atomic E-state index is 11.5. The van der Waals surface area contributed by atoms with Gasteiger partial charge < -0.3 is 11.1 Å². The molecule has 0 spiro atoms. The Bertz CT molecular complexity index is 412. The van der Waals surface area contributed by atoms with Gasteiger partial charge in [0.1, 0.15) is 0 Å². The molecule has 0 unspecified atom stereocenters. The summed E-state index contributed by atoms with van der Waals surface area (Å²) >= 11 is 0. The van der Waals surface area contributed by atoms with Crippen molar-refractivity contribution in [3.05, 3.63) is 48.0 Å². The SMILES string of the molecule is C=CCC.CC.CC.Cc1ccc(C(=O)NCCC(N)=O)cc1. The number of amides is 2. The molecule has 0 radical (unpaired) electrons. The third-order valence-electron chi connectivity index (χ3n) is 2.26. The monoisotopic (exact) mass is 322 g/mol. The van der Waals surface area contributed by atoms with Crippen molar-refractivity contribution in [2.75, 3.05) is 6.54 Å². The zero-order valence-corrected chi connectivity index (χ0v) is 15.6. The summed E-state index contributed by atoms with van der Waals surface area (Å²) in [7, 11) is 0. The van der Waals surface area contributed by atoms with Crippen LogP contribution in [0.3, 0.4) is 0 Å². The van der Waals surface area contributed by atoms with E-state index in [-0.39, 0.29) is 18.9 Å². The highest BCUT2D eigenvalue weighted by Gasteiger charge is 2.04. The molecule has 0 aromatic heterocycles. The van der Waals surface area contributed by atoms with Crippen molar-refractivity contribution < 1.29 is 9.59 Å². The van der Waals surface area contributed by atoms with Gasteiger partial charge >= 0.3 is 0 Å². The minimum absolute atomic E-state index is 0.164. The molecule has 0 aliphatic heterocycles. The summed E-state index contributed by atoms with van der Waals surface area (Å²) < 4.78 is 0. The molecule has 0 heterocycles. The molecule has 1 rings (SSSR count). The van der Waals surface area contributed by atoms with Crippen LogP contribution in [0.25, 0.3) is 0 Å². The molecule has 0 bridgehead atoms. The molecular formula is C19H34N2O2. The predicted molar refractivity (Wildman–Crippen MR) is 101 cm³/mol. The van der Waals surface area contributed by atoms with Gasteiger partial charge in [-0.05, 0) is 25.5 Å². The average molecular weight is 322 g/mol. The normalized spacial score (nSPS) is 7.91. The Balaban J connectivity index is -0.000000426. The molecular weight excluding hydrogens is 288 g/mol. The first-order valence-corrected chi connectivity index (χ1v) is 8.25. The van der Waals surface area contributed by atoms with E-state index in [0.717, 1.165) is 12.0 Å². The fourth-order valence-corrected chi connectivity index (χ4v) is 1.11. The number of allylic oxidation sites excluding steroid dienone is 1. The van der Waals surface area contributed by atoms with Gasteiger partial charge in [-0.25, -0.2) is 0 Å². The average Bonchev–Trinajstić information content (AvgIpc) is 2.59. The Morgan fingerprint density at radius 1 is 1.13 bits per heavy atom. The van der Waals surface area contributed by atoms with Crippen molar-refractivity contribution in [1.29, 1.82) is 0 Å². The van der Waals surface area contributed by atoms with Gasteiger partial charge in [-0.3, -0.25) is 9.59 Å². The molecule has 3 N–H and O–H groups in total. The highest BCUT2D eigenvalue weighted by Crippen LogP contribution is 2.02. The van der Waals surface area contributed by atoms with Gasteiger partial charge in [0.15, 0.2) is 0 Å². The van der Waals surface area contributed by atoms with E-state index in [4.69, 9.17) is 5.73 Å². The van der Waals surface area contributed by atoms with Gasteiger partial charge in [-0.15, -0.1) is 6.58 Å². The van der Waals surface area contributed by atoms with Crippen LogP contribution >= 0.6 is 0 Å². The second-order valence-corrected chi connectivity index (χ2v) is 4.04. The molecule has 2 amide bonds. The van der Waals surface area contributed by atoms with Gasteiger partial charge in [0.2, 0.25) is 5.91 Å². The molecule has 4 nitrogen and oxygen atoms in total. The van der Waals surface area contributed by atoms with Gasteiger partial charge in [0.25, 0.3) is 5.91 Å². The lowest BCUT2D eigenvalue weighted by atomic mass is 10.1. The van der Waals surface area contributed by atoms with Crippen molar-refractivity contribution >= 4 is 11.8 Å². The summed E-state index contributed by atoms with van der Waals surface area (Å²) in [6.45, 7) is 15.8. The quantitative estimate of drug-likeness (QED) is 0.796. The van der Waals surface area contributed by atoms with E-state index in [1.807, 2.05) is 52.8 Å². The van der Waals surface area contributed by atoms with Crippen LogP contribution in [-0.4, -0.2) is 18.4 Å². The fourth-order valence-electron chi connectivity index (χ4n) is 1.11. The summed E-state index contributed by atoms with van der Waals surface area (Å²) in [5.41, 5.74) is 6.64. The van der Waals surface area contributed by atoms with E-state index >= 15 is 0 Å². The van der Waals surface area contributed by atoms with Crippen molar-refractivity contribution in [3.8, 4) is 0 Å². The standard InChI is InChI=1S/C11H14N2O2.C4H8.2C2H6/c1-8-2-4-9(5-3-8)11(15)13-7-6-10(12)14;1-3-4-2;2*1-2/h2-5H,6-7H2,1H3,(H2,12,14)(H,13,15);3H,1,4H2,2H3;2*1-2H3. The minimum Gasteiger partial charge on any atom is -0.370 e. The Labute approximate surface area is 142 Å². The molecule has 4 heteroatoms. The van der Waals surface area contributed by atoms with E-state index in [0.29, 0.717) is 5.56 Å². The lowest BCUT2D eigenvalue weighted by Crippen LogP contribution is -2.27. The topological polar surface area (TPSA) is 72.2 Å². The summed E-state index contributed by atoms with van der Waals surface area (Å²) in [6, 6.07) is 7.22. The van der Waals surface area contributed by atoms with E-state index in [2.05, 4.69) is 18.8 Å². The number of benzene rings is 1. The molecule has 132 valence electrons. The zero-order valence-electron chi connectivity index (χ0n) is 15.6. The first-order valence-electron chi connectivity index (χ1n) is 8.25. The van der Waals surface area contributed by atoms with E-state index < -0.39 is 5.91 Å². The number of hydrogen-bond donors (Lipinski definition) is 2. The van der Waals surface area contributed by atoms with E-state index in [9.17, 15) is 9.59 Å². The maximum Gasteiger partial charge on any atom is 0.251 e. The Morgan fingerprint density at radius 2 is 1.57 bits per heavy atom. The number of carbonyl (C=O) groups is 2. The van der Waals surface area contributed by atoms with Crippen molar-refractivity contribution in [2.24, 2.45) is 5.73 Å². The fraction of sp³-hybridized carbons (Fsp3) is 0.474. The van der Waals surface area contributed by atoms with E-state index in [1.165, 1.54) is 0 Å². The van der Waals surface area contributed by atoms with Crippen LogP contribution in [0.2, 0.25) is 0 Å². The Hall–Kier alpha value is -2.10. The first kappa shape index (κ1) is 25.8. The van der Waals surface area contributed by atoms with Crippen LogP contribution in [0.1, 0.15) is 63.4 Å². The smallest absolute Gasteiger partial charge is 0.251 e. The third-order valence-corrected chi connectivity index (χ3v) is 2.26. The molecule has 23 heavy (non-hydrogen) atoms. The van der Waals surface area contributed by atoms with E-state index in [1.54, 1.807) is 12.1 Å². The summed E-state index contributed by atoms with van der Waals surface area (Å²) in [5.74, 6) is -0.601. The Morgan fingerprint density at radius 3 is 1.91 bits per heavy atom. The Kier molecular flexibility index (Phi) is 22.3. The van der Waals surface area contributed by atoms with Crippen LogP contribution in [0.15, 0.2) is 36.9 Å². The number of rotatable bonds is 5.